The molecule has 1 heterocycles. The number of nitrogens with zero attached hydrogens (tertiary/aromatic N) is 1. The topological polar surface area (TPSA) is 65.0 Å². The van der Waals surface area contributed by atoms with Gasteiger partial charge in [-0.15, -0.1) is 0 Å². The molecule has 0 spiro atoms. The van der Waals surface area contributed by atoms with Crippen LogP contribution in [0.1, 0.15) is 24.8 Å². The Morgan fingerprint density at radius 1 is 1.38 bits per heavy atom. The normalized spacial score (nSPS) is 20.2. The van der Waals surface area contributed by atoms with Gasteiger partial charge < -0.3 is 9.57 Å². The van der Waals surface area contributed by atoms with Gasteiger partial charge in [-0.25, -0.2) is 8.42 Å². The van der Waals surface area contributed by atoms with Crippen LogP contribution in [0.4, 0.5) is 0 Å². The predicted molar refractivity (Wildman–Crippen MR) is 84.7 cm³/mol. The smallest absolute Gasteiger partial charge is 0.227 e. The van der Waals surface area contributed by atoms with Gasteiger partial charge in [0.1, 0.15) is 0 Å². The Morgan fingerprint density at radius 2 is 2.14 bits per heavy atom. The number of benzene rings is 1. The van der Waals surface area contributed by atoms with Crippen molar-refractivity contribution in [3.63, 3.8) is 0 Å². The molecule has 0 N–H and O–H groups in total. The Hall–Kier alpha value is -1.05. The maximum Gasteiger partial charge on any atom is 0.227 e. The van der Waals surface area contributed by atoms with Crippen molar-refractivity contribution in [3.05, 3.63) is 35.9 Å². The summed E-state index contributed by atoms with van der Waals surface area (Å²) in [5.74, 6) is -0.0810. The first-order chi connectivity index (χ1) is 10.1. The molecule has 1 unspecified atom stereocenters. The Labute approximate surface area is 129 Å². The quantitative estimate of drug-likeness (QED) is 0.483. The molecule has 1 aromatic rings. The van der Waals surface area contributed by atoms with Crippen LogP contribution in [0, 0.1) is 0 Å². The van der Waals surface area contributed by atoms with Crippen LogP contribution < -0.4 is 0 Å². The monoisotopic (exact) mass is 329 g/mol. The van der Waals surface area contributed by atoms with Crippen molar-refractivity contribution in [2.75, 3.05) is 12.9 Å². The van der Waals surface area contributed by atoms with Gasteiger partial charge in [0.05, 0.1) is 12.4 Å². The Morgan fingerprint density at radius 3 is 2.76 bits per heavy atom. The molecule has 21 heavy (non-hydrogen) atoms. The maximum absolute atomic E-state index is 12.3. The average molecular weight is 329 g/mol. The van der Waals surface area contributed by atoms with Gasteiger partial charge in [0.25, 0.3) is 0 Å². The fourth-order valence-electron chi connectivity index (χ4n) is 1.97. The van der Waals surface area contributed by atoms with Gasteiger partial charge >= 0.3 is 0 Å². The number of hydrogen-bond donors (Lipinski definition) is 0. The van der Waals surface area contributed by atoms with Crippen LogP contribution in [0.2, 0.25) is 0 Å². The Balaban J connectivity index is 2.04. The fourth-order valence-corrected chi connectivity index (χ4v) is 4.19. The highest BCUT2D eigenvalue weighted by Crippen LogP contribution is 2.18. The van der Waals surface area contributed by atoms with Crippen molar-refractivity contribution >= 4 is 26.0 Å². The molecule has 7 heteroatoms. The molecule has 0 aromatic heterocycles. The summed E-state index contributed by atoms with van der Waals surface area (Å²) in [7, 11) is -3.49. The van der Waals surface area contributed by atoms with Gasteiger partial charge in [0, 0.05) is 6.42 Å². The molecule has 1 atom stereocenters. The molecule has 0 saturated carbocycles. The molecule has 1 saturated heterocycles. The molecular weight excluding hydrogens is 310 g/mol. The van der Waals surface area contributed by atoms with E-state index in [-0.39, 0.29) is 10.1 Å². The molecule has 0 amide bonds. The summed E-state index contributed by atoms with van der Waals surface area (Å²) >= 11 is 1.07. The average Bonchev–Trinajstić information content (AvgIpc) is 2.49. The first kappa shape index (κ1) is 16.3. The third-order valence-electron chi connectivity index (χ3n) is 3.02. The molecule has 1 aliphatic rings. The molecule has 0 bridgehead atoms. The lowest BCUT2D eigenvalue weighted by atomic mass is 10.2. The summed E-state index contributed by atoms with van der Waals surface area (Å²) in [6, 6.07) is 9.03. The summed E-state index contributed by atoms with van der Waals surface area (Å²) in [5, 5.41) is 3.80. The molecule has 0 radical (unpaired) electrons. The minimum Gasteiger partial charge on any atom is -0.362 e. The molecule has 2 rings (SSSR count). The standard InChI is InChI=1S/C14H19NO4S2/c1-20-14(15-19-13-9-5-6-10-18-13)21(16,17)11-12-7-3-2-4-8-12/h2-4,7-8,13H,5-6,9-11H2,1H3. The second kappa shape index (κ2) is 7.82. The second-order valence-electron chi connectivity index (χ2n) is 4.71. The lowest BCUT2D eigenvalue weighted by Crippen LogP contribution is -2.22. The van der Waals surface area contributed by atoms with E-state index in [0.29, 0.717) is 6.61 Å². The largest absolute Gasteiger partial charge is 0.362 e. The van der Waals surface area contributed by atoms with E-state index in [1.165, 1.54) is 0 Å². The van der Waals surface area contributed by atoms with Crippen LogP contribution in [0.25, 0.3) is 0 Å². The first-order valence-corrected chi connectivity index (χ1v) is 9.65. The molecule has 1 aliphatic heterocycles. The van der Waals surface area contributed by atoms with Crippen molar-refractivity contribution in [1.29, 1.82) is 0 Å². The minimum absolute atomic E-state index is 0.0134. The van der Waals surface area contributed by atoms with E-state index >= 15 is 0 Å². The zero-order valence-corrected chi connectivity index (χ0v) is 13.5. The van der Waals surface area contributed by atoms with E-state index in [1.807, 2.05) is 18.2 Å². The highest BCUT2D eigenvalue weighted by molar-refractivity contribution is 8.34. The van der Waals surface area contributed by atoms with E-state index in [9.17, 15) is 8.42 Å². The maximum atomic E-state index is 12.3. The fraction of sp³-hybridized carbons (Fsp3) is 0.500. The number of rotatable bonds is 4. The molecule has 1 aromatic carbocycles. The van der Waals surface area contributed by atoms with Crippen molar-refractivity contribution in [3.8, 4) is 0 Å². The minimum atomic E-state index is -3.49. The van der Waals surface area contributed by atoms with E-state index in [1.54, 1.807) is 18.4 Å². The summed E-state index contributed by atoms with van der Waals surface area (Å²) in [6.45, 7) is 0.631. The van der Waals surface area contributed by atoms with Crippen LogP contribution in [-0.2, 0) is 25.2 Å². The van der Waals surface area contributed by atoms with Crippen LogP contribution >= 0.6 is 11.8 Å². The van der Waals surface area contributed by atoms with Crippen molar-refractivity contribution in [1.82, 2.24) is 0 Å². The van der Waals surface area contributed by atoms with Gasteiger partial charge in [-0.2, -0.15) is 0 Å². The molecule has 5 nitrogen and oxygen atoms in total. The highest BCUT2D eigenvalue weighted by atomic mass is 32.3. The molecule has 0 aliphatic carbocycles. The summed E-state index contributed by atoms with van der Waals surface area (Å²) < 4.78 is 30.0. The zero-order chi connectivity index (χ0) is 15.1. The third kappa shape index (κ3) is 5.01. The SMILES string of the molecule is CSC(=NOC1CCCCO1)S(=O)(=O)Cc1ccccc1. The lowest BCUT2D eigenvalue weighted by Gasteiger charge is -2.20. The molecule has 116 valence electrons. The number of oxime groups is 1. The third-order valence-corrected chi connectivity index (χ3v) is 6.03. The van der Waals surface area contributed by atoms with Gasteiger partial charge in [0.15, 0.2) is 0 Å². The van der Waals surface area contributed by atoms with Crippen molar-refractivity contribution in [2.45, 2.75) is 31.3 Å². The number of hydrogen-bond acceptors (Lipinski definition) is 6. The van der Waals surface area contributed by atoms with Crippen LogP contribution in [-0.4, -0.2) is 31.9 Å². The van der Waals surface area contributed by atoms with Crippen LogP contribution in [0.15, 0.2) is 35.5 Å². The van der Waals surface area contributed by atoms with E-state index < -0.39 is 16.1 Å². The van der Waals surface area contributed by atoms with E-state index in [2.05, 4.69) is 5.16 Å². The zero-order valence-electron chi connectivity index (χ0n) is 11.9. The molecule has 1 fully saturated rings. The van der Waals surface area contributed by atoms with Crippen molar-refractivity contribution in [2.24, 2.45) is 5.16 Å². The van der Waals surface area contributed by atoms with Crippen molar-refractivity contribution < 1.29 is 18.0 Å². The van der Waals surface area contributed by atoms with Gasteiger partial charge in [-0.05, 0) is 24.7 Å². The highest BCUT2D eigenvalue weighted by Gasteiger charge is 2.22. The molecular formula is C14H19NO4S2. The van der Waals surface area contributed by atoms with E-state index in [0.717, 1.165) is 36.6 Å². The second-order valence-corrected chi connectivity index (χ2v) is 7.67. The van der Waals surface area contributed by atoms with Crippen LogP contribution in [0.5, 0.6) is 0 Å². The van der Waals surface area contributed by atoms with Gasteiger partial charge in [-0.3, -0.25) is 0 Å². The van der Waals surface area contributed by atoms with E-state index in [4.69, 9.17) is 9.57 Å². The Kier molecular flexibility index (Phi) is 6.08. The number of ether oxygens (including phenoxy) is 1. The van der Waals surface area contributed by atoms with Gasteiger partial charge in [0.2, 0.25) is 20.5 Å². The predicted octanol–water partition coefficient (Wildman–Crippen LogP) is 2.78. The number of thioether (sulfide) groups is 1. The Bertz CT molecular complexity index is 566. The summed E-state index contributed by atoms with van der Waals surface area (Å²) in [5.41, 5.74) is 0.730. The summed E-state index contributed by atoms with van der Waals surface area (Å²) in [4.78, 5) is 5.23. The first-order valence-electron chi connectivity index (χ1n) is 6.78. The lowest BCUT2D eigenvalue weighted by molar-refractivity contribution is -0.161. The number of sulfone groups is 1. The van der Waals surface area contributed by atoms with Crippen LogP contribution in [0.3, 0.4) is 0 Å². The summed E-state index contributed by atoms with van der Waals surface area (Å²) in [6.07, 6.45) is 3.99. The van der Waals surface area contributed by atoms with Gasteiger partial charge in [-0.1, -0.05) is 47.2 Å².